The van der Waals surface area contributed by atoms with Gasteiger partial charge in [-0.1, -0.05) is 25.0 Å². The van der Waals surface area contributed by atoms with E-state index in [-0.39, 0.29) is 12.2 Å². The minimum atomic E-state index is -0.788. The van der Waals surface area contributed by atoms with Crippen molar-refractivity contribution in [3.8, 4) is 23.8 Å². The molecule has 1 aliphatic rings. The van der Waals surface area contributed by atoms with Gasteiger partial charge in [-0.15, -0.1) is 6.42 Å². The maximum absolute atomic E-state index is 13.1. The van der Waals surface area contributed by atoms with Crippen molar-refractivity contribution in [2.24, 2.45) is 0 Å². The van der Waals surface area contributed by atoms with Gasteiger partial charge in [-0.2, -0.15) is 0 Å². The average Bonchev–Trinajstić information content (AvgIpc) is 2.76. The first-order valence-corrected chi connectivity index (χ1v) is 11.0. The van der Waals surface area contributed by atoms with Crippen LogP contribution < -0.4 is 19.7 Å². The van der Waals surface area contributed by atoms with E-state index >= 15 is 0 Å². The largest absolute Gasteiger partial charge is 0.490 e. The number of terminal acetylenes is 1. The summed E-state index contributed by atoms with van der Waals surface area (Å²) >= 11 is 2.07. The Morgan fingerprint density at radius 2 is 1.84 bits per heavy atom. The Labute approximate surface area is 199 Å². The van der Waals surface area contributed by atoms with Crippen LogP contribution in [0.1, 0.15) is 25.0 Å². The van der Waals surface area contributed by atoms with Crippen LogP contribution in [0, 0.1) is 15.9 Å². The Morgan fingerprint density at radius 3 is 2.47 bits per heavy atom. The molecule has 2 aromatic carbocycles. The molecule has 164 valence electrons. The molecule has 4 amide bonds. The van der Waals surface area contributed by atoms with Crippen molar-refractivity contribution in [1.29, 1.82) is 0 Å². The van der Waals surface area contributed by atoms with E-state index < -0.39 is 17.8 Å². The number of halogens is 1. The summed E-state index contributed by atoms with van der Waals surface area (Å²) in [5, 5.41) is 2.23. The standard InChI is InChI=1S/C24H21IN2O5/c1-4-11-32-21-19(25)13-16(14-20(21)31-6-3)12-18-22(28)26-24(30)27(23(18)29)17-9-7-15(5-2)8-10-17/h1,7-10,12-14H,5-6,11H2,2-3H3,(H,26,28,30)/b18-12-. The number of hydrogen-bond acceptors (Lipinski definition) is 5. The van der Waals surface area contributed by atoms with Gasteiger partial charge in [0.2, 0.25) is 0 Å². The topological polar surface area (TPSA) is 84.9 Å². The van der Waals surface area contributed by atoms with Gasteiger partial charge in [0.15, 0.2) is 11.5 Å². The zero-order chi connectivity index (χ0) is 23.3. The highest BCUT2D eigenvalue weighted by Crippen LogP contribution is 2.35. The number of aryl methyl sites for hydroxylation is 1. The van der Waals surface area contributed by atoms with E-state index in [1.165, 1.54) is 6.08 Å². The van der Waals surface area contributed by atoms with Gasteiger partial charge in [-0.3, -0.25) is 14.9 Å². The Balaban J connectivity index is 2.00. The molecule has 0 radical (unpaired) electrons. The molecule has 0 saturated carbocycles. The Morgan fingerprint density at radius 1 is 1.12 bits per heavy atom. The van der Waals surface area contributed by atoms with Crippen molar-refractivity contribution in [2.75, 3.05) is 18.1 Å². The number of nitrogens with zero attached hydrogens (tertiary/aromatic N) is 1. The summed E-state index contributed by atoms with van der Waals surface area (Å²) in [6, 6.07) is 9.63. The minimum Gasteiger partial charge on any atom is -0.490 e. The van der Waals surface area contributed by atoms with E-state index in [0.29, 0.717) is 32.9 Å². The van der Waals surface area contributed by atoms with Gasteiger partial charge < -0.3 is 9.47 Å². The van der Waals surface area contributed by atoms with Gasteiger partial charge in [0.25, 0.3) is 11.8 Å². The third kappa shape index (κ3) is 4.94. The molecule has 32 heavy (non-hydrogen) atoms. The highest BCUT2D eigenvalue weighted by atomic mass is 127. The highest BCUT2D eigenvalue weighted by molar-refractivity contribution is 14.1. The number of carbonyl (C=O) groups excluding carboxylic acids is 3. The number of carbonyl (C=O) groups is 3. The second-order valence-electron chi connectivity index (χ2n) is 6.73. The molecule has 1 aliphatic heterocycles. The third-order valence-corrected chi connectivity index (χ3v) is 5.45. The molecule has 2 aromatic rings. The molecule has 1 heterocycles. The van der Waals surface area contributed by atoms with Gasteiger partial charge in [0, 0.05) is 0 Å². The van der Waals surface area contributed by atoms with Crippen LogP contribution in [0.4, 0.5) is 10.5 Å². The molecule has 0 spiro atoms. The first-order valence-electron chi connectivity index (χ1n) is 9.92. The van der Waals surface area contributed by atoms with Crippen LogP contribution in [0.3, 0.4) is 0 Å². The van der Waals surface area contributed by atoms with Gasteiger partial charge >= 0.3 is 6.03 Å². The fourth-order valence-corrected chi connectivity index (χ4v) is 3.91. The van der Waals surface area contributed by atoms with Crippen molar-refractivity contribution in [3.05, 3.63) is 56.7 Å². The summed E-state index contributed by atoms with van der Waals surface area (Å²) < 4.78 is 11.9. The predicted molar refractivity (Wildman–Crippen MR) is 129 cm³/mol. The second-order valence-corrected chi connectivity index (χ2v) is 7.90. The molecule has 0 aromatic heterocycles. The normalized spacial score (nSPS) is 14.9. The number of hydrogen-bond donors (Lipinski definition) is 1. The summed E-state index contributed by atoms with van der Waals surface area (Å²) in [5.41, 5.74) is 1.82. The van der Waals surface area contributed by atoms with Gasteiger partial charge in [-0.05, 0) is 77.4 Å². The number of anilines is 1. The first kappa shape index (κ1) is 23.3. The summed E-state index contributed by atoms with van der Waals surface area (Å²) in [4.78, 5) is 38.9. The summed E-state index contributed by atoms with van der Waals surface area (Å²) in [6.45, 7) is 4.30. The van der Waals surface area contributed by atoms with E-state index in [4.69, 9.17) is 15.9 Å². The molecular formula is C24H21IN2O5. The monoisotopic (exact) mass is 544 g/mol. The van der Waals surface area contributed by atoms with Crippen molar-refractivity contribution < 1.29 is 23.9 Å². The second kappa shape index (κ2) is 10.3. The number of urea groups is 1. The molecular weight excluding hydrogens is 523 g/mol. The molecule has 7 nitrogen and oxygen atoms in total. The third-order valence-electron chi connectivity index (χ3n) is 4.65. The molecule has 8 heteroatoms. The quantitative estimate of drug-likeness (QED) is 0.247. The number of nitrogens with one attached hydrogen (secondary N) is 1. The van der Waals surface area contributed by atoms with Crippen LogP contribution in [0.15, 0.2) is 42.0 Å². The molecule has 0 atom stereocenters. The Bertz CT molecular complexity index is 1130. The van der Waals surface area contributed by atoms with Crippen LogP contribution in [0.2, 0.25) is 0 Å². The number of imide groups is 2. The summed E-state index contributed by atoms with van der Waals surface area (Å²) in [5.74, 6) is 1.87. The van der Waals surface area contributed by atoms with Crippen LogP contribution in [0.25, 0.3) is 6.08 Å². The first-order chi connectivity index (χ1) is 15.4. The van der Waals surface area contributed by atoms with Crippen LogP contribution >= 0.6 is 22.6 Å². The number of rotatable bonds is 7. The van der Waals surface area contributed by atoms with E-state index in [1.807, 2.05) is 26.0 Å². The smallest absolute Gasteiger partial charge is 0.335 e. The summed E-state index contributed by atoms with van der Waals surface area (Å²) in [6.07, 6.45) is 7.53. The maximum atomic E-state index is 13.1. The minimum absolute atomic E-state index is 0.0747. The van der Waals surface area contributed by atoms with Crippen molar-refractivity contribution in [2.45, 2.75) is 20.3 Å². The number of benzene rings is 2. The molecule has 1 N–H and O–H groups in total. The van der Waals surface area contributed by atoms with Crippen molar-refractivity contribution >= 4 is 52.2 Å². The molecule has 0 bridgehead atoms. The number of ether oxygens (including phenoxy) is 2. The predicted octanol–water partition coefficient (Wildman–Crippen LogP) is 3.93. The van der Waals surface area contributed by atoms with Gasteiger partial charge in [0.05, 0.1) is 15.9 Å². The van der Waals surface area contributed by atoms with Crippen LogP contribution in [0.5, 0.6) is 11.5 Å². The Kier molecular flexibility index (Phi) is 7.53. The van der Waals surface area contributed by atoms with Crippen LogP contribution in [-0.4, -0.2) is 31.1 Å². The molecule has 1 fully saturated rings. The van der Waals surface area contributed by atoms with Crippen molar-refractivity contribution in [3.63, 3.8) is 0 Å². The summed E-state index contributed by atoms with van der Waals surface area (Å²) in [7, 11) is 0. The fourth-order valence-electron chi connectivity index (χ4n) is 3.13. The highest BCUT2D eigenvalue weighted by Gasteiger charge is 2.36. The molecule has 1 saturated heterocycles. The lowest BCUT2D eigenvalue weighted by Gasteiger charge is -2.26. The number of barbiturate groups is 1. The number of amides is 4. The maximum Gasteiger partial charge on any atom is 0.335 e. The molecule has 0 unspecified atom stereocenters. The zero-order valence-corrected chi connectivity index (χ0v) is 19.8. The van der Waals surface area contributed by atoms with E-state index in [1.54, 1.807) is 24.3 Å². The lowest BCUT2D eigenvalue weighted by Crippen LogP contribution is -2.54. The van der Waals surface area contributed by atoms with Gasteiger partial charge in [0.1, 0.15) is 12.2 Å². The van der Waals surface area contributed by atoms with E-state index in [0.717, 1.165) is 16.9 Å². The lowest BCUT2D eigenvalue weighted by atomic mass is 10.1. The van der Waals surface area contributed by atoms with Crippen molar-refractivity contribution in [1.82, 2.24) is 5.32 Å². The zero-order valence-electron chi connectivity index (χ0n) is 17.6. The van der Waals surface area contributed by atoms with E-state index in [9.17, 15) is 14.4 Å². The van der Waals surface area contributed by atoms with Gasteiger partial charge in [-0.25, -0.2) is 9.69 Å². The lowest BCUT2D eigenvalue weighted by molar-refractivity contribution is -0.122. The van der Waals surface area contributed by atoms with Crippen LogP contribution in [-0.2, 0) is 16.0 Å². The average molecular weight is 544 g/mol. The Hall–Kier alpha value is -3.32. The SMILES string of the molecule is C#CCOc1c(I)cc(/C=C2/C(=O)NC(=O)N(c3ccc(CC)cc3)C2=O)cc1OCC. The molecule has 3 rings (SSSR count). The fraction of sp³-hybridized carbons (Fsp3) is 0.208. The van der Waals surface area contributed by atoms with E-state index in [2.05, 4.69) is 33.8 Å². The molecule has 0 aliphatic carbocycles.